The fraction of sp³-hybridized carbons (Fsp3) is 0.911. The molecular weight excluding hydrogens is 668 g/mol. The van der Waals surface area contributed by atoms with Gasteiger partial charge in [-0.15, -0.1) is 0 Å². The molecule has 312 valence electrons. The Kier molecular flexibility index (Phi) is 39.4. The van der Waals surface area contributed by atoms with Gasteiger partial charge in [-0.2, -0.15) is 0 Å². The minimum atomic E-state index is -1.09. The molecule has 1 unspecified atom stereocenters. The molecule has 0 aliphatic heterocycles. The molecule has 0 aliphatic rings. The number of carbonyl (C=O) groups excluding carboxylic acids is 3. The van der Waals surface area contributed by atoms with E-state index in [1.165, 1.54) is 167 Å². The quantitative estimate of drug-likeness (QED) is 0.0372. The van der Waals surface area contributed by atoms with Gasteiger partial charge in [-0.1, -0.05) is 206 Å². The Balaban J connectivity index is 4.05. The van der Waals surface area contributed by atoms with E-state index >= 15 is 0 Å². The van der Waals surface area contributed by atoms with Gasteiger partial charge in [-0.05, 0) is 12.8 Å². The minimum absolute atomic E-state index is 0.186. The van der Waals surface area contributed by atoms with Gasteiger partial charge in [0.1, 0.15) is 13.2 Å². The van der Waals surface area contributed by atoms with E-state index < -0.39 is 24.0 Å². The van der Waals surface area contributed by atoms with Gasteiger partial charge in [0.25, 0.3) is 0 Å². The molecule has 0 saturated carbocycles. The van der Waals surface area contributed by atoms with E-state index in [0.717, 1.165) is 38.5 Å². The molecular formula is C45H84O8. The van der Waals surface area contributed by atoms with Crippen LogP contribution in [0.2, 0.25) is 0 Å². The Morgan fingerprint density at radius 3 is 0.925 bits per heavy atom. The molecule has 0 spiro atoms. The average molecular weight is 753 g/mol. The normalized spacial score (nSPS) is 11.7. The van der Waals surface area contributed by atoms with Crippen LogP contribution in [0.5, 0.6) is 0 Å². The highest BCUT2D eigenvalue weighted by Gasteiger charge is 2.20. The second-order valence-electron chi connectivity index (χ2n) is 15.5. The van der Waals surface area contributed by atoms with Crippen molar-refractivity contribution in [3.63, 3.8) is 0 Å². The molecule has 0 rings (SSSR count). The van der Waals surface area contributed by atoms with Crippen LogP contribution in [0.25, 0.3) is 0 Å². The Morgan fingerprint density at radius 1 is 0.358 bits per heavy atom. The molecule has 1 N–H and O–H groups in total. The van der Waals surface area contributed by atoms with Gasteiger partial charge < -0.3 is 19.3 Å². The molecule has 0 heterocycles. The van der Waals surface area contributed by atoms with Crippen LogP contribution in [0.1, 0.15) is 245 Å². The lowest BCUT2D eigenvalue weighted by Crippen LogP contribution is -2.31. The standard InChI is InChI=1S/C45H84O8/c1-3-5-7-9-11-13-15-17-19-21-23-25-27-29-31-33-35-43(48)51-39-41(40-52-44(49)38-37-42(46)47)53-45(50)36-34-32-30-28-26-24-22-20-18-16-14-12-10-8-6-4-2/h41H,3-40H2,1-2H3,(H,46,47). The number of aliphatic carboxylic acids is 1. The molecule has 8 heteroatoms. The lowest BCUT2D eigenvalue weighted by molar-refractivity contribution is -0.167. The van der Waals surface area contributed by atoms with E-state index in [1.54, 1.807) is 0 Å². The zero-order chi connectivity index (χ0) is 38.9. The third-order valence-corrected chi connectivity index (χ3v) is 10.2. The fourth-order valence-electron chi connectivity index (χ4n) is 6.72. The van der Waals surface area contributed by atoms with Crippen LogP contribution < -0.4 is 0 Å². The van der Waals surface area contributed by atoms with Crippen molar-refractivity contribution in [1.82, 2.24) is 0 Å². The second-order valence-corrected chi connectivity index (χ2v) is 15.5. The summed E-state index contributed by atoms with van der Waals surface area (Å²) in [7, 11) is 0. The minimum Gasteiger partial charge on any atom is -0.481 e. The lowest BCUT2D eigenvalue weighted by Gasteiger charge is -2.18. The number of carboxylic acid groups (broad SMARTS) is 1. The van der Waals surface area contributed by atoms with Crippen molar-refractivity contribution in [3.05, 3.63) is 0 Å². The summed E-state index contributed by atoms with van der Waals surface area (Å²) in [6.07, 6.45) is 39.4. The number of unbranched alkanes of at least 4 members (excludes halogenated alkanes) is 30. The summed E-state index contributed by atoms with van der Waals surface area (Å²) >= 11 is 0. The van der Waals surface area contributed by atoms with Crippen molar-refractivity contribution in [2.75, 3.05) is 13.2 Å². The van der Waals surface area contributed by atoms with Crippen LogP contribution in [-0.4, -0.2) is 48.3 Å². The van der Waals surface area contributed by atoms with Crippen LogP contribution in [0.15, 0.2) is 0 Å². The van der Waals surface area contributed by atoms with Gasteiger partial charge in [0, 0.05) is 12.8 Å². The summed E-state index contributed by atoms with van der Waals surface area (Å²) in [4.78, 5) is 47.7. The number of carbonyl (C=O) groups is 4. The molecule has 0 aromatic rings. The SMILES string of the molecule is CCCCCCCCCCCCCCCCCCC(=O)OCC(COC(=O)CCC(=O)O)OC(=O)CCCCCCCCCCCCCCCCCC. The number of esters is 3. The summed E-state index contributed by atoms with van der Waals surface area (Å²) < 4.78 is 16.1. The summed E-state index contributed by atoms with van der Waals surface area (Å²) in [6, 6.07) is 0. The number of rotatable bonds is 42. The molecule has 8 nitrogen and oxygen atoms in total. The molecule has 0 bridgehead atoms. The topological polar surface area (TPSA) is 116 Å². The first-order valence-corrected chi connectivity index (χ1v) is 22.6. The van der Waals surface area contributed by atoms with Gasteiger partial charge in [-0.25, -0.2) is 0 Å². The van der Waals surface area contributed by atoms with E-state index in [9.17, 15) is 19.2 Å². The summed E-state index contributed by atoms with van der Waals surface area (Å²) in [6.45, 7) is 4.07. The van der Waals surface area contributed by atoms with Crippen molar-refractivity contribution in [2.45, 2.75) is 251 Å². The first-order valence-electron chi connectivity index (χ1n) is 22.6. The first kappa shape index (κ1) is 50.9. The van der Waals surface area contributed by atoms with Crippen molar-refractivity contribution in [3.8, 4) is 0 Å². The largest absolute Gasteiger partial charge is 0.481 e. The van der Waals surface area contributed by atoms with Crippen molar-refractivity contribution in [2.24, 2.45) is 0 Å². The maximum atomic E-state index is 12.6. The monoisotopic (exact) mass is 753 g/mol. The number of ether oxygens (including phenoxy) is 3. The van der Waals surface area contributed by atoms with Crippen LogP contribution in [0.3, 0.4) is 0 Å². The van der Waals surface area contributed by atoms with Gasteiger partial charge in [0.05, 0.1) is 12.8 Å². The van der Waals surface area contributed by atoms with Crippen LogP contribution in [0, 0.1) is 0 Å². The maximum absolute atomic E-state index is 12.6. The zero-order valence-electron chi connectivity index (χ0n) is 34.8. The van der Waals surface area contributed by atoms with Crippen molar-refractivity contribution >= 4 is 23.9 Å². The summed E-state index contributed by atoms with van der Waals surface area (Å²) in [5.74, 6) is -2.54. The van der Waals surface area contributed by atoms with E-state index in [2.05, 4.69) is 13.8 Å². The van der Waals surface area contributed by atoms with Crippen molar-refractivity contribution < 1.29 is 38.5 Å². The van der Waals surface area contributed by atoms with E-state index in [0.29, 0.717) is 6.42 Å². The fourth-order valence-corrected chi connectivity index (χ4v) is 6.72. The van der Waals surface area contributed by atoms with Gasteiger partial charge >= 0.3 is 23.9 Å². The molecule has 0 amide bonds. The summed E-state index contributed by atoms with van der Waals surface area (Å²) in [5.41, 5.74) is 0. The molecule has 0 aromatic carbocycles. The predicted molar refractivity (Wildman–Crippen MR) is 217 cm³/mol. The van der Waals surface area contributed by atoms with E-state index in [1.807, 2.05) is 0 Å². The third kappa shape index (κ3) is 40.9. The van der Waals surface area contributed by atoms with E-state index in [4.69, 9.17) is 19.3 Å². The Morgan fingerprint density at radius 2 is 0.623 bits per heavy atom. The van der Waals surface area contributed by atoms with E-state index in [-0.39, 0.29) is 38.4 Å². The highest BCUT2D eigenvalue weighted by Crippen LogP contribution is 2.16. The predicted octanol–water partition coefficient (Wildman–Crippen LogP) is 13.2. The molecule has 1 atom stereocenters. The number of hydrogen-bond acceptors (Lipinski definition) is 7. The van der Waals surface area contributed by atoms with Crippen LogP contribution in [-0.2, 0) is 33.4 Å². The lowest BCUT2D eigenvalue weighted by atomic mass is 10.0. The molecule has 0 aromatic heterocycles. The molecule has 53 heavy (non-hydrogen) atoms. The second kappa shape index (κ2) is 41.1. The smallest absolute Gasteiger partial charge is 0.306 e. The van der Waals surface area contributed by atoms with Gasteiger partial charge in [0.2, 0.25) is 0 Å². The molecule has 0 saturated heterocycles. The highest BCUT2D eigenvalue weighted by molar-refractivity contribution is 5.76. The van der Waals surface area contributed by atoms with Crippen molar-refractivity contribution in [1.29, 1.82) is 0 Å². The Hall–Kier alpha value is -2.12. The molecule has 0 fully saturated rings. The molecule has 0 aliphatic carbocycles. The number of carboxylic acids is 1. The first-order chi connectivity index (χ1) is 25.9. The third-order valence-electron chi connectivity index (χ3n) is 10.2. The van der Waals surface area contributed by atoms with Gasteiger partial charge in [0.15, 0.2) is 6.10 Å². The van der Waals surface area contributed by atoms with Crippen LogP contribution >= 0.6 is 0 Å². The average Bonchev–Trinajstić information content (AvgIpc) is 3.14. The Bertz CT molecular complexity index is 844. The highest BCUT2D eigenvalue weighted by atomic mass is 16.6. The van der Waals surface area contributed by atoms with Crippen LogP contribution in [0.4, 0.5) is 0 Å². The Labute approximate surface area is 326 Å². The maximum Gasteiger partial charge on any atom is 0.306 e. The van der Waals surface area contributed by atoms with Gasteiger partial charge in [-0.3, -0.25) is 19.2 Å². The summed E-state index contributed by atoms with van der Waals surface area (Å²) in [5, 5.41) is 8.82. The molecule has 0 radical (unpaired) electrons. The number of hydrogen-bond donors (Lipinski definition) is 1. The zero-order valence-corrected chi connectivity index (χ0v) is 34.8.